The normalized spacial score (nSPS) is 19.4. The average Bonchev–Trinajstić information content (AvgIpc) is 2.66. The Labute approximate surface area is 121 Å². The molecule has 0 amide bonds. The van der Waals surface area contributed by atoms with Gasteiger partial charge in [-0.25, -0.2) is 8.42 Å². The van der Waals surface area contributed by atoms with E-state index in [1.165, 1.54) is 17.8 Å². The van der Waals surface area contributed by atoms with Crippen LogP contribution in [0.25, 0.3) is 0 Å². The van der Waals surface area contributed by atoms with Crippen LogP contribution in [0.5, 0.6) is 0 Å². The molecule has 0 aromatic heterocycles. The summed E-state index contributed by atoms with van der Waals surface area (Å²) in [4.78, 5) is 15.2. The molecular weight excluding hydrogens is 300 g/mol. The first-order valence-electron chi connectivity index (χ1n) is 5.85. The minimum absolute atomic E-state index is 0.0657. The standard InChI is InChI=1S/C12H14N2O4S2/c1-19-7-6-9(12(15)16)13-11-8-4-2-3-5-10(8)20(17,18)14-11/h2-5,9H,6-7H2,1H3,(H,13,14)(H,15,16)/p-1/t9-/m1/s1. The monoisotopic (exact) mass is 313 g/mol. The zero-order valence-electron chi connectivity index (χ0n) is 10.7. The van der Waals surface area contributed by atoms with E-state index in [1.54, 1.807) is 18.2 Å². The smallest absolute Gasteiger partial charge is 0.263 e. The van der Waals surface area contributed by atoms with Crippen molar-refractivity contribution in [1.82, 2.24) is 4.72 Å². The lowest BCUT2D eigenvalue weighted by molar-refractivity contribution is -0.307. The van der Waals surface area contributed by atoms with Crippen molar-refractivity contribution in [3.05, 3.63) is 29.8 Å². The number of carboxylic acid groups (broad SMARTS) is 1. The summed E-state index contributed by atoms with van der Waals surface area (Å²) < 4.78 is 26.0. The van der Waals surface area contributed by atoms with Gasteiger partial charge in [0.25, 0.3) is 10.0 Å². The molecule has 0 fully saturated rings. The fourth-order valence-electron chi connectivity index (χ4n) is 1.85. The van der Waals surface area contributed by atoms with Crippen LogP contribution in [-0.4, -0.2) is 38.3 Å². The maximum Gasteiger partial charge on any atom is 0.263 e. The zero-order valence-corrected chi connectivity index (χ0v) is 12.3. The summed E-state index contributed by atoms with van der Waals surface area (Å²) in [5.41, 5.74) is 0.392. The van der Waals surface area contributed by atoms with Crippen LogP contribution in [0.3, 0.4) is 0 Å². The van der Waals surface area contributed by atoms with E-state index in [1.807, 2.05) is 6.26 Å². The fourth-order valence-corrected chi connectivity index (χ4v) is 3.55. The lowest BCUT2D eigenvalue weighted by Crippen LogP contribution is -2.36. The van der Waals surface area contributed by atoms with E-state index in [0.717, 1.165) is 0 Å². The molecule has 0 unspecified atom stereocenters. The highest BCUT2D eigenvalue weighted by molar-refractivity contribution is 7.98. The molecule has 1 heterocycles. The zero-order chi connectivity index (χ0) is 14.8. The summed E-state index contributed by atoms with van der Waals surface area (Å²) in [6.45, 7) is 0. The van der Waals surface area contributed by atoms with Crippen molar-refractivity contribution in [1.29, 1.82) is 0 Å². The lowest BCUT2D eigenvalue weighted by atomic mass is 10.2. The Morgan fingerprint density at radius 3 is 2.80 bits per heavy atom. The van der Waals surface area contributed by atoms with E-state index in [4.69, 9.17) is 0 Å². The van der Waals surface area contributed by atoms with Crippen LogP contribution >= 0.6 is 11.8 Å². The number of carbonyl (C=O) groups is 1. The number of sulfonamides is 1. The Bertz CT molecular complexity index is 655. The van der Waals surface area contributed by atoms with Crippen LogP contribution in [0.15, 0.2) is 34.2 Å². The number of thioether (sulfide) groups is 1. The van der Waals surface area contributed by atoms with Gasteiger partial charge in [-0.3, -0.25) is 9.71 Å². The van der Waals surface area contributed by atoms with Gasteiger partial charge in [0.05, 0.1) is 16.9 Å². The van der Waals surface area contributed by atoms with Crippen molar-refractivity contribution in [3.63, 3.8) is 0 Å². The van der Waals surface area contributed by atoms with Gasteiger partial charge in [-0.15, -0.1) is 0 Å². The Balaban J connectivity index is 2.38. The van der Waals surface area contributed by atoms with Gasteiger partial charge in [0.1, 0.15) is 5.84 Å². The number of hydrogen-bond acceptors (Lipinski definition) is 6. The first-order chi connectivity index (χ1) is 9.45. The molecule has 0 aliphatic carbocycles. The molecule has 0 saturated carbocycles. The minimum Gasteiger partial charge on any atom is -0.548 e. The molecule has 20 heavy (non-hydrogen) atoms. The van der Waals surface area contributed by atoms with Crippen LogP contribution in [0, 0.1) is 0 Å². The highest BCUT2D eigenvalue weighted by atomic mass is 32.2. The number of aliphatic imine (C=N–C) groups is 1. The summed E-state index contributed by atoms with van der Waals surface area (Å²) in [5.74, 6) is -0.643. The quantitative estimate of drug-likeness (QED) is 0.797. The number of nitrogens with one attached hydrogen (secondary N) is 1. The highest BCUT2D eigenvalue weighted by Gasteiger charge is 2.30. The Morgan fingerprint density at radius 2 is 2.15 bits per heavy atom. The molecule has 8 heteroatoms. The topological polar surface area (TPSA) is 98.7 Å². The number of carbonyl (C=O) groups excluding carboxylic acids is 1. The van der Waals surface area contributed by atoms with Gasteiger partial charge in [0, 0.05) is 5.56 Å². The third-order valence-electron chi connectivity index (χ3n) is 2.82. The number of hydrogen-bond donors (Lipinski definition) is 1. The van der Waals surface area contributed by atoms with Gasteiger partial charge < -0.3 is 9.90 Å². The van der Waals surface area contributed by atoms with Crippen molar-refractivity contribution in [2.75, 3.05) is 12.0 Å². The maximum atomic E-state index is 11.9. The molecule has 0 saturated heterocycles. The second-order valence-electron chi connectivity index (χ2n) is 4.20. The summed E-state index contributed by atoms with van der Waals surface area (Å²) in [6.07, 6.45) is 2.14. The molecule has 1 atom stereocenters. The molecule has 1 aliphatic heterocycles. The van der Waals surface area contributed by atoms with E-state index in [0.29, 0.717) is 11.3 Å². The Kier molecular flexibility index (Phi) is 4.34. The molecular formula is C12H13N2O4S2-. The summed E-state index contributed by atoms with van der Waals surface area (Å²) in [7, 11) is -3.65. The molecule has 1 aromatic carbocycles. The van der Waals surface area contributed by atoms with Crippen molar-refractivity contribution in [2.45, 2.75) is 17.4 Å². The number of carboxylic acids is 1. The van der Waals surface area contributed by atoms with E-state index in [9.17, 15) is 18.3 Å². The molecule has 1 N–H and O–H groups in total. The average molecular weight is 313 g/mol. The van der Waals surface area contributed by atoms with E-state index >= 15 is 0 Å². The van der Waals surface area contributed by atoms with Gasteiger partial charge in [-0.1, -0.05) is 12.1 Å². The number of fused-ring (bicyclic) bond motifs is 1. The predicted molar refractivity (Wildman–Crippen MR) is 75.1 cm³/mol. The van der Waals surface area contributed by atoms with Crippen molar-refractivity contribution in [2.24, 2.45) is 4.99 Å². The molecule has 1 aromatic rings. The first-order valence-corrected chi connectivity index (χ1v) is 8.73. The number of amidine groups is 1. The maximum absolute atomic E-state index is 11.9. The summed E-state index contributed by atoms with van der Waals surface area (Å²) >= 11 is 1.49. The molecule has 2 rings (SSSR count). The number of benzene rings is 1. The van der Waals surface area contributed by atoms with Crippen molar-refractivity contribution in [3.8, 4) is 0 Å². The van der Waals surface area contributed by atoms with E-state index in [-0.39, 0.29) is 17.2 Å². The molecule has 6 nitrogen and oxygen atoms in total. The van der Waals surface area contributed by atoms with E-state index in [2.05, 4.69) is 9.71 Å². The first kappa shape index (κ1) is 14.9. The van der Waals surface area contributed by atoms with Gasteiger partial charge in [-0.05, 0) is 30.6 Å². The molecule has 0 radical (unpaired) electrons. The SMILES string of the molecule is CSCC[C@@H](N=C1NS(=O)(=O)c2ccccc21)C(=O)[O-]. The Hall–Kier alpha value is -1.54. The van der Waals surface area contributed by atoms with Crippen LogP contribution in [-0.2, 0) is 14.8 Å². The number of rotatable bonds is 5. The van der Waals surface area contributed by atoms with Crippen LogP contribution in [0.4, 0.5) is 0 Å². The van der Waals surface area contributed by atoms with Gasteiger partial charge in [0.15, 0.2) is 0 Å². The molecule has 0 bridgehead atoms. The number of aliphatic carboxylic acids is 1. The fraction of sp³-hybridized carbons (Fsp3) is 0.333. The third kappa shape index (κ3) is 2.96. The second-order valence-corrected chi connectivity index (χ2v) is 6.83. The van der Waals surface area contributed by atoms with E-state index < -0.39 is 22.0 Å². The van der Waals surface area contributed by atoms with Gasteiger partial charge >= 0.3 is 0 Å². The van der Waals surface area contributed by atoms with Crippen LogP contribution in [0.2, 0.25) is 0 Å². The lowest BCUT2D eigenvalue weighted by Gasteiger charge is -2.13. The third-order valence-corrected chi connectivity index (χ3v) is 4.86. The minimum atomic E-state index is -3.65. The molecule has 0 spiro atoms. The van der Waals surface area contributed by atoms with Crippen molar-refractivity contribution < 1.29 is 18.3 Å². The molecule has 1 aliphatic rings. The predicted octanol–water partition coefficient (Wildman–Crippen LogP) is -0.403. The van der Waals surface area contributed by atoms with Crippen molar-refractivity contribution >= 4 is 33.6 Å². The van der Waals surface area contributed by atoms with Crippen LogP contribution < -0.4 is 9.83 Å². The highest BCUT2D eigenvalue weighted by Crippen LogP contribution is 2.22. The summed E-state index contributed by atoms with van der Waals surface area (Å²) in [6, 6.07) is 5.26. The Morgan fingerprint density at radius 1 is 1.45 bits per heavy atom. The van der Waals surface area contributed by atoms with Gasteiger partial charge in [-0.2, -0.15) is 11.8 Å². The largest absolute Gasteiger partial charge is 0.548 e. The van der Waals surface area contributed by atoms with Gasteiger partial charge in [0.2, 0.25) is 0 Å². The second kappa shape index (κ2) is 5.84. The number of nitrogens with zero attached hydrogens (tertiary/aromatic N) is 1. The van der Waals surface area contributed by atoms with Crippen LogP contribution in [0.1, 0.15) is 12.0 Å². The molecule has 108 valence electrons. The summed E-state index contributed by atoms with van der Waals surface area (Å²) in [5, 5.41) is 11.1.